The molecular formula is C29H35NO5. The maximum Gasteiger partial charge on any atom is 0.313 e. The molecule has 1 saturated carbocycles. The fourth-order valence-electron chi connectivity index (χ4n) is 6.97. The number of carbonyl (C=O) groups excluding carboxylic acids is 1. The van der Waals surface area contributed by atoms with E-state index in [2.05, 4.69) is 60.4 Å². The highest BCUT2D eigenvalue weighted by atomic mass is 17.3. The van der Waals surface area contributed by atoms with E-state index in [1.54, 1.807) is 0 Å². The van der Waals surface area contributed by atoms with Crippen LogP contribution in [-0.4, -0.2) is 35.1 Å². The summed E-state index contributed by atoms with van der Waals surface area (Å²) in [6.45, 7) is 6.30. The average molecular weight is 478 g/mol. The van der Waals surface area contributed by atoms with Crippen molar-refractivity contribution in [3.8, 4) is 0 Å². The van der Waals surface area contributed by atoms with Crippen molar-refractivity contribution >= 4 is 5.97 Å². The fourth-order valence-corrected chi connectivity index (χ4v) is 6.97. The van der Waals surface area contributed by atoms with E-state index in [1.807, 2.05) is 19.1 Å². The largest absolute Gasteiger partial charge is 0.432 e. The lowest BCUT2D eigenvalue weighted by molar-refractivity contribution is -0.559. The van der Waals surface area contributed by atoms with E-state index in [0.29, 0.717) is 12.5 Å². The molecule has 6 nitrogen and oxygen atoms in total. The van der Waals surface area contributed by atoms with Gasteiger partial charge in [-0.15, -0.1) is 0 Å². The molecule has 35 heavy (non-hydrogen) atoms. The summed E-state index contributed by atoms with van der Waals surface area (Å²) < 4.78 is 12.4. The van der Waals surface area contributed by atoms with E-state index in [1.165, 1.54) is 11.1 Å². The van der Waals surface area contributed by atoms with Gasteiger partial charge in [0.1, 0.15) is 0 Å². The fraction of sp³-hybridized carbons (Fsp3) is 0.552. The maximum atomic E-state index is 13.5. The summed E-state index contributed by atoms with van der Waals surface area (Å²) in [6, 6.07) is 20.9. The molecule has 7 rings (SSSR count). The van der Waals surface area contributed by atoms with Gasteiger partial charge in [-0.05, 0) is 43.2 Å². The van der Waals surface area contributed by atoms with Crippen LogP contribution in [0.4, 0.5) is 0 Å². The number of ether oxygens (including phenoxy) is 2. The summed E-state index contributed by atoms with van der Waals surface area (Å²) in [5.74, 6) is -0.650. The van der Waals surface area contributed by atoms with E-state index in [9.17, 15) is 4.79 Å². The number of fused-ring (bicyclic) bond motifs is 2. The van der Waals surface area contributed by atoms with Crippen molar-refractivity contribution in [2.45, 2.75) is 70.3 Å². The van der Waals surface area contributed by atoms with E-state index >= 15 is 0 Å². The zero-order valence-corrected chi connectivity index (χ0v) is 20.6. The van der Waals surface area contributed by atoms with Gasteiger partial charge in [0.2, 0.25) is 12.1 Å². The Balaban J connectivity index is 1.32. The minimum absolute atomic E-state index is 0.00773. The summed E-state index contributed by atoms with van der Waals surface area (Å²) in [7, 11) is 0. The van der Waals surface area contributed by atoms with Gasteiger partial charge in [0.05, 0.1) is 5.92 Å². The zero-order chi connectivity index (χ0) is 24.0. The Morgan fingerprint density at radius 3 is 2.20 bits per heavy atom. The molecule has 0 amide bonds. The Morgan fingerprint density at radius 2 is 1.54 bits per heavy atom. The number of benzene rings is 2. The first-order chi connectivity index (χ1) is 17.0. The monoisotopic (exact) mass is 477 g/mol. The number of rotatable bonds is 6. The predicted molar refractivity (Wildman–Crippen MR) is 129 cm³/mol. The van der Waals surface area contributed by atoms with Crippen molar-refractivity contribution in [1.82, 2.24) is 4.90 Å². The van der Waals surface area contributed by atoms with Crippen LogP contribution < -0.4 is 0 Å². The number of nitrogens with zero attached hydrogens (tertiary/aromatic N) is 1. The second-order valence-electron chi connectivity index (χ2n) is 11.1. The zero-order valence-electron chi connectivity index (χ0n) is 20.6. The highest BCUT2D eigenvalue weighted by Crippen LogP contribution is 2.59. The molecule has 1 spiro atoms. The average Bonchev–Trinajstić information content (AvgIpc) is 3.09. The van der Waals surface area contributed by atoms with Gasteiger partial charge in [-0.25, -0.2) is 9.78 Å². The van der Waals surface area contributed by atoms with Gasteiger partial charge in [-0.1, -0.05) is 67.6 Å². The molecule has 0 unspecified atom stereocenters. The standard InChI is InChI=1S/C29H35NO5/c1-20-13-14-25-23(26(31)32-27-29(25)24(20)15-16-28(2,33-27)34-35-29)19-30(17-21-9-5-3-6-10-21)18-22-11-7-4-8-12-22/h3-12,20,23-25,27H,13-19H2,1-2H3/t20-,23-,24+,25+,27-,28-,29-/m1/s1. The Hall–Kier alpha value is -2.25. The van der Waals surface area contributed by atoms with Crippen molar-refractivity contribution in [3.05, 3.63) is 71.8 Å². The first-order valence-corrected chi connectivity index (χ1v) is 13.0. The minimum Gasteiger partial charge on any atom is -0.432 e. The van der Waals surface area contributed by atoms with Crippen LogP contribution in [0.2, 0.25) is 0 Å². The molecule has 6 heteroatoms. The van der Waals surface area contributed by atoms with Crippen molar-refractivity contribution in [3.63, 3.8) is 0 Å². The third-order valence-corrected chi connectivity index (χ3v) is 8.74. The normalized spacial score (nSPS) is 38.0. The minimum atomic E-state index is -0.864. The Morgan fingerprint density at radius 1 is 0.886 bits per heavy atom. The number of esters is 1. The highest BCUT2D eigenvalue weighted by molar-refractivity contribution is 5.75. The molecule has 4 aliphatic heterocycles. The molecule has 2 bridgehead atoms. The summed E-state index contributed by atoms with van der Waals surface area (Å²) >= 11 is 0. The van der Waals surface area contributed by atoms with Gasteiger partial charge in [-0.2, -0.15) is 0 Å². The SMILES string of the molecule is C[C@@H]1CC[C@H]2[C@@H](CN(Cc3ccccc3)Cc3ccccc3)C(=O)O[C@@H]3O[C@@]4(C)CC[C@@H]1[C@]32OO4. The molecule has 7 atom stereocenters. The molecule has 0 N–H and O–H groups in total. The third kappa shape index (κ3) is 4.10. The molecule has 4 saturated heterocycles. The van der Waals surface area contributed by atoms with Crippen LogP contribution in [0.5, 0.6) is 0 Å². The summed E-state index contributed by atoms with van der Waals surface area (Å²) in [6.07, 6.45) is 2.96. The predicted octanol–water partition coefficient (Wildman–Crippen LogP) is 5.08. The van der Waals surface area contributed by atoms with Gasteiger partial charge >= 0.3 is 5.97 Å². The molecule has 5 fully saturated rings. The molecule has 2 aromatic carbocycles. The molecule has 186 valence electrons. The smallest absolute Gasteiger partial charge is 0.313 e. The lowest BCUT2D eigenvalue weighted by Crippen LogP contribution is -2.70. The van der Waals surface area contributed by atoms with Crippen molar-refractivity contribution in [2.24, 2.45) is 23.7 Å². The second-order valence-corrected chi connectivity index (χ2v) is 11.1. The van der Waals surface area contributed by atoms with Crippen molar-refractivity contribution in [1.29, 1.82) is 0 Å². The lowest BCUT2D eigenvalue weighted by Gasteiger charge is -2.58. The van der Waals surface area contributed by atoms with Crippen LogP contribution in [0.3, 0.4) is 0 Å². The molecule has 0 aromatic heterocycles. The quantitative estimate of drug-likeness (QED) is 0.427. The summed E-state index contributed by atoms with van der Waals surface area (Å²) in [5, 5.41) is 0. The molecule has 0 radical (unpaired) electrons. The van der Waals surface area contributed by atoms with Gasteiger partial charge in [0.15, 0.2) is 5.60 Å². The maximum absolute atomic E-state index is 13.5. The topological polar surface area (TPSA) is 57.2 Å². The summed E-state index contributed by atoms with van der Waals surface area (Å²) in [4.78, 5) is 28.1. The van der Waals surface area contributed by atoms with Gasteiger partial charge in [0.25, 0.3) is 0 Å². The van der Waals surface area contributed by atoms with E-state index in [-0.39, 0.29) is 23.7 Å². The number of hydrogen-bond donors (Lipinski definition) is 0. The molecule has 4 heterocycles. The van der Waals surface area contributed by atoms with Crippen LogP contribution in [0, 0.1) is 23.7 Å². The molecule has 2 aromatic rings. The van der Waals surface area contributed by atoms with E-state index < -0.39 is 17.7 Å². The Bertz CT molecular complexity index is 1010. The molecule has 5 aliphatic rings. The summed E-state index contributed by atoms with van der Waals surface area (Å²) in [5.41, 5.74) is 1.71. The van der Waals surface area contributed by atoms with Gasteiger partial charge in [0, 0.05) is 37.9 Å². The van der Waals surface area contributed by atoms with Gasteiger partial charge < -0.3 is 9.47 Å². The number of hydrogen-bond acceptors (Lipinski definition) is 6. The van der Waals surface area contributed by atoms with E-state index in [0.717, 1.165) is 38.8 Å². The lowest BCUT2D eigenvalue weighted by atomic mass is 9.58. The van der Waals surface area contributed by atoms with Crippen LogP contribution >= 0.6 is 0 Å². The van der Waals surface area contributed by atoms with Crippen LogP contribution in [0.15, 0.2) is 60.7 Å². The highest BCUT2D eigenvalue weighted by Gasteiger charge is 2.70. The van der Waals surface area contributed by atoms with Crippen molar-refractivity contribution in [2.75, 3.05) is 6.54 Å². The first-order valence-electron chi connectivity index (χ1n) is 13.0. The molecule has 1 aliphatic carbocycles. The Kier molecular flexibility index (Phi) is 5.96. The van der Waals surface area contributed by atoms with E-state index in [4.69, 9.17) is 19.2 Å². The number of carbonyl (C=O) groups is 1. The Labute approximate surface area is 207 Å². The third-order valence-electron chi connectivity index (χ3n) is 8.74. The molecular weight excluding hydrogens is 442 g/mol. The van der Waals surface area contributed by atoms with Crippen LogP contribution in [-0.2, 0) is 37.1 Å². The van der Waals surface area contributed by atoms with Crippen LogP contribution in [0.1, 0.15) is 50.7 Å². The van der Waals surface area contributed by atoms with Crippen molar-refractivity contribution < 1.29 is 24.0 Å². The van der Waals surface area contributed by atoms with Gasteiger partial charge in [-0.3, -0.25) is 9.69 Å². The first kappa shape index (κ1) is 23.2. The second kappa shape index (κ2) is 9.00. The van der Waals surface area contributed by atoms with Crippen LogP contribution in [0.25, 0.3) is 0 Å².